The molecule has 2 unspecified atom stereocenters. The fourth-order valence-electron chi connectivity index (χ4n) is 2.52. The number of aliphatic hydroxyl groups is 1. The van der Waals surface area contributed by atoms with Crippen molar-refractivity contribution in [3.8, 4) is 0 Å². The van der Waals surface area contributed by atoms with E-state index in [4.69, 9.17) is 10.2 Å². The highest BCUT2D eigenvalue weighted by Gasteiger charge is 2.23. The van der Waals surface area contributed by atoms with E-state index in [9.17, 15) is 9.59 Å². The van der Waals surface area contributed by atoms with E-state index < -0.39 is 18.0 Å². The van der Waals surface area contributed by atoms with E-state index >= 15 is 0 Å². The molecule has 1 saturated carbocycles. The number of urea groups is 1. The molecule has 0 spiro atoms. The molecule has 0 saturated heterocycles. The van der Waals surface area contributed by atoms with Crippen molar-refractivity contribution in [2.45, 2.75) is 45.1 Å². The zero-order valence-electron chi connectivity index (χ0n) is 11.4. The molecule has 1 aliphatic carbocycles. The Balaban J connectivity index is 2.31. The Morgan fingerprint density at radius 2 is 2.00 bits per heavy atom. The SMILES string of the molecule is CC1CCCCC1CNC(=O)N[C@H](CCO)C(=O)O. The molecule has 0 aromatic rings. The van der Waals surface area contributed by atoms with Gasteiger partial charge >= 0.3 is 12.0 Å². The van der Waals surface area contributed by atoms with Crippen molar-refractivity contribution in [1.29, 1.82) is 0 Å². The lowest BCUT2D eigenvalue weighted by molar-refractivity contribution is -0.139. The van der Waals surface area contributed by atoms with Gasteiger partial charge in [-0.15, -0.1) is 0 Å². The van der Waals surface area contributed by atoms with Crippen LogP contribution >= 0.6 is 0 Å². The first kappa shape index (κ1) is 15.8. The number of rotatable bonds is 6. The molecular formula is C13H24N2O4. The second-order valence-corrected chi connectivity index (χ2v) is 5.28. The van der Waals surface area contributed by atoms with Gasteiger partial charge in [0, 0.05) is 19.6 Å². The molecule has 0 aromatic carbocycles. The van der Waals surface area contributed by atoms with Crippen LogP contribution in [0.25, 0.3) is 0 Å². The maximum atomic E-state index is 11.6. The van der Waals surface area contributed by atoms with Gasteiger partial charge in [0.25, 0.3) is 0 Å². The fraction of sp³-hybridized carbons (Fsp3) is 0.846. The number of carbonyl (C=O) groups is 2. The van der Waals surface area contributed by atoms with Gasteiger partial charge in [-0.3, -0.25) is 0 Å². The maximum absolute atomic E-state index is 11.6. The summed E-state index contributed by atoms with van der Waals surface area (Å²) in [6, 6.07) is -1.51. The highest BCUT2D eigenvalue weighted by atomic mass is 16.4. The lowest BCUT2D eigenvalue weighted by Crippen LogP contribution is -2.47. The van der Waals surface area contributed by atoms with Crippen LogP contribution in [-0.4, -0.2) is 41.4 Å². The Hall–Kier alpha value is -1.30. The summed E-state index contributed by atoms with van der Waals surface area (Å²) in [5, 5.41) is 22.7. The van der Waals surface area contributed by atoms with E-state index in [2.05, 4.69) is 17.6 Å². The average Bonchev–Trinajstić information content (AvgIpc) is 2.37. The van der Waals surface area contributed by atoms with Crippen LogP contribution in [-0.2, 0) is 4.79 Å². The molecule has 0 heterocycles. The highest BCUT2D eigenvalue weighted by molar-refractivity contribution is 5.82. The predicted molar refractivity (Wildman–Crippen MR) is 70.8 cm³/mol. The Morgan fingerprint density at radius 1 is 1.32 bits per heavy atom. The predicted octanol–water partition coefficient (Wildman–Crippen LogP) is 0.948. The minimum Gasteiger partial charge on any atom is -0.480 e. The third-order valence-corrected chi connectivity index (χ3v) is 3.84. The number of nitrogens with one attached hydrogen (secondary N) is 2. The zero-order chi connectivity index (χ0) is 14.3. The number of aliphatic hydroxyl groups excluding tert-OH is 1. The standard InChI is InChI=1S/C13H24N2O4/c1-9-4-2-3-5-10(9)8-14-13(19)15-11(6-7-16)12(17)18/h9-11,16H,2-8H2,1H3,(H,17,18)(H2,14,15,19)/t9?,10?,11-/m1/s1. The van der Waals surface area contributed by atoms with Crippen LogP contribution in [0.5, 0.6) is 0 Å². The Labute approximate surface area is 113 Å². The van der Waals surface area contributed by atoms with Gasteiger partial charge < -0.3 is 20.8 Å². The first-order valence-corrected chi connectivity index (χ1v) is 6.92. The molecule has 0 radical (unpaired) electrons. The maximum Gasteiger partial charge on any atom is 0.326 e. The number of carboxylic acid groups (broad SMARTS) is 1. The van der Waals surface area contributed by atoms with Crippen molar-refractivity contribution >= 4 is 12.0 Å². The molecule has 110 valence electrons. The molecule has 1 aliphatic rings. The van der Waals surface area contributed by atoms with Crippen molar-refractivity contribution in [3.05, 3.63) is 0 Å². The number of carboxylic acids is 1. The third-order valence-electron chi connectivity index (χ3n) is 3.84. The van der Waals surface area contributed by atoms with Gasteiger partial charge in [0.05, 0.1) is 0 Å². The molecule has 1 rings (SSSR count). The molecule has 19 heavy (non-hydrogen) atoms. The minimum atomic E-state index is -1.13. The number of amides is 2. The van der Waals surface area contributed by atoms with E-state index in [1.54, 1.807) is 0 Å². The zero-order valence-corrected chi connectivity index (χ0v) is 11.4. The summed E-state index contributed by atoms with van der Waals surface area (Å²) in [6.07, 6.45) is 4.77. The summed E-state index contributed by atoms with van der Waals surface area (Å²) in [4.78, 5) is 22.4. The summed E-state index contributed by atoms with van der Waals surface area (Å²) < 4.78 is 0. The minimum absolute atomic E-state index is 0.0165. The number of hydrogen-bond donors (Lipinski definition) is 4. The smallest absolute Gasteiger partial charge is 0.326 e. The van der Waals surface area contributed by atoms with Gasteiger partial charge in [-0.2, -0.15) is 0 Å². The van der Waals surface area contributed by atoms with Crippen molar-refractivity contribution in [3.63, 3.8) is 0 Å². The van der Waals surface area contributed by atoms with E-state index in [-0.39, 0.29) is 13.0 Å². The Bertz CT molecular complexity index is 309. The molecular weight excluding hydrogens is 248 g/mol. The summed E-state index contributed by atoms with van der Waals surface area (Å²) in [6.45, 7) is 2.50. The molecule has 1 fully saturated rings. The third kappa shape index (κ3) is 5.46. The van der Waals surface area contributed by atoms with E-state index in [0.717, 1.165) is 6.42 Å². The highest BCUT2D eigenvalue weighted by Crippen LogP contribution is 2.28. The number of carbonyl (C=O) groups excluding carboxylic acids is 1. The molecule has 0 bridgehead atoms. The normalized spacial score (nSPS) is 24.5. The lowest BCUT2D eigenvalue weighted by Gasteiger charge is -2.29. The Morgan fingerprint density at radius 3 is 2.58 bits per heavy atom. The molecule has 4 N–H and O–H groups in total. The monoisotopic (exact) mass is 272 g/mol. The fourth-order valence-corrected chi connectivity index (χ4v) is 2.52. The Kier molecular flexibility index (Phi) is 6.62. The van der Waals surface area contributed by atoms with Crippen LogP contribution in [0, 0.1) is 11.8 Å². The molecule has 2 amide bonds. The number of hydrogen-bond acceptors (Lipinski definition) is 3. The molecule has 6 heteroatoms. The molecule has 0 aliphatic heterocycles. The first-order chi connectivity index (χ1) is 9.04. The van der Waals surface area contributed by atoms with Gasteiger partial charge in [-0.25, -0.2) is 9.59 Å². The van der Waals surface area contributed by atoms with E-state index in [0.29, 0.717) is 18.4 Å². The van der Waals surface area contributed by atoms with Crippen molar-refractivity contribution in [2.24, 2.45) is 11.8 Å². The van der Waals surface area contributed by atoms with Gasteiger partial charge in [0.2, 0.25) is 0 Å². The van der Waals surface area contributed by atoms with Crippen LogP contribution in [0.15, 0.2) is 0 Å². The quantitative estimate of drug-likeness (QED) is 0.578. The molecule has 3 atom stereocenters. The topological polar surface area (TPSA) is 98.7 Å². The van der Waals surface area contributed by atoms with Crippen molar-refractivity contribution < 1.29 is 19.8 Å². The summed E-state index contributed by atoms with van der Waals surface area (Å²) >= 11 is 0. The largest absolute Gasteiger partial charge is 0.480 e. The number of aliphatic carboxylic acids is 1. The summed E-state index contributed by atoms with van der Waals surface area (Å²) in [7, 11) is 0. The lowest BCUT2D eigenvalue weighted by atomic mass is 9.80. The molecule has 6 nitrogen and oxygen atoms in total. The van der Waals surface area contributed by atoms with Crippen LogP contribution in [0.1, 0.15) is 39.0 Å². The first-order valence-electron chi connectivity index (χ1n) is 6.92. The van der Waals surface area contributed by atoms with Crippen LogP contribution in [0.4, 0.5) is 4.79 Å². The van der Waals surface area contributed by atoms with E-state index in [1.165, 1.54) is 19.3 Å². The van der Waals surface area contributed by atoms with E-state index in [1.807, 2.05) is 0 Å². The van der Waals surface area contributed by atoms with Gasteiger partial charge in [0.15, 0.2) is 0 Å². The second kappa shape index (κ2) is 7.99. The average molecular weight is 272 g/mol. The van der Waals surface area contributed by atoms with Crippen molar-refractivity contribution in [2.75, 3.05) is 13.2 Å². The van der Waals surface area contributed by atoms with Crippen LogP contribution in [0.3, 0.4) is 0 Å². The van der Waals surface area contributed by atoms with Gasteiger partial charge in [-0.1, -0.05) is 26.2 Å². The van der Waals surface area contributed by atoms with Crippen LogP contribution in [0.2, 0.25) is 0 Å². The molecule has 0 aromatic heterocycles. The van der Waals surface area contributed by atoms with Gasteiger partial charge in [0.1, 0.15) is 6.04 Å². The summed E-state index contributed by atoms with van der Waals surface area (Å²) in [5.74, 6) is -0.0578. The summed E-state index contributed by atoms with van der Waals surface area (Å²) in [5.41, 5.74) is 0. The van der Waals surface area contributed by atoms with Crippen molar-refractivity contribution in [1.82, 2.24) is 10.6 Å². The van der Waals surface area contributed by atoms with Gasteiger partial charge in [-0.05, 0) is 18.3 Å². The second-order valence-electron chi connectivity index (χ2n) is 5.28. The van der Waals surface area contributed by atoms with Crippen LogP contribution < -0.4 is 10.6 Å².